The fraction of sp³-hybridized carbons (Fsp3) is 0.684. The molecule has 0 saturated carbocycles. The first-order valence-corrected chi connectivity index (χ1v) is 8.46. The summed E-state index contributed by atoms with van der Waals surface area (Å²) in [6, 6.07) is 10.6. The first-order valence-electron chi connectivity index (χ1n) is 8.46. The highest BCUT2D eigenvalue weighted by Gasteiger charge is 2.34. The number of hydrogen-bond acceptors (Lipinski definition) is 2. The Morgan fingerprint density at radius 3 is 2.29 bits per heavy atom. The van der Waals surface area contributed by atoms with Crippen LogP contribution in [0.3, 0.4) is 0 Å². The molecule has 0 amide bonds. The van der Waals surface area contributed by atoms with Crippen molar-refractivity contribution in [3.05, 3.63) is 35.4 Å². The predicted octanol–water partition coefficient (Wildman–Crippen LogP) is 4.01. The van der Waals surface area contributed by atoms with Crippen molar-refractivity contribution in [2.45, 2.75) is 59.7 Å². The Labute approximate surface area is 130 Å². The zero-order chi connectivity index (χ0) is 15.6. The summed E-state index contributed by atoms with van der Waals surface area (Å²) in [5.74, 6) is 1.36. The highest BCUT2D eigenvalue weighted by Crippen LogP contribution is 2.30. The van der Waals surface area contributed by atoms with Gasteiger partial charge >= 0.3 is 0 Å². The maximum absolute atomic E-state index is 3.76. The van der Waals surface area contributed by atoms with Crippen LogP contribution in [0.4, 0.5) is 0 Å². The van der Waals surface area contributed by atoms with E-state index in [1.54, 1.807) is 0 Å². The molecule has 2 nitrogen and oxygen atoms in total. The second kappa shape index (κ2) is 6.93. The molecule has 1 fully saturated rings. The molecule has 3 unspecified atom stereocenters. The number of aryl methyl sites for hydroxylation is 1. The lowest BCUT2D eigenvalue weighted by Gasteiger charge is -2.47. The van der Waals surface area contributed by atoms with Gasteiger partial charge in [-0.1, -0.05) is 52.0 Å². The standard InChI is InChI=1S/C19H32N2/c1-13(2)18-12-21(19(11-20-18)14(3)4)16(6)17-10-8-7-9-15(17)5/h7-10,13-14,16,18-20H,11-12H2,1-6H3. The molecule has 1 N–H and O–H groups in total. The Kier molecular flexibility index (Phi) is 5.45. The van der Waals surface area contributed by atoms with Crippen LogP contribution in [0.25, 0.3) is 0 Å². The Morgan fingerprint density at radius 1 is 1.05 bits per heavy atom. The van der Waals surface area contributed by atoms with Gasteiger partial charge in [-0.3, -0.25) is 4.90 Å². The van der Waals surface area contributed by atoms with Gasteiger partial charge in [-0.25, -0.2) is 0 Å². The number of piperazine rings is 1. The van der Waals surface area contributed by atoms with Crippen molar-refractivity contribution in [2.75, 3.05) is 13.1 Å². The van der Waals surface area contributed by atoms with Crippen LogP contribution in [0.15, 0.2) is 24.3 Å². The Balaban J connectivity index is 2.25. The molecular weight excluding hydrogens is 256 g/mol. The van der Waals surface area contributed by atoms with Crippen LogP contribution in [0.2, 0.25) is 0 Å². The molecule has 118 valence electrons. The quantitative estimate of drug-likeness (QED) is 0.900. The summed E-state index contributed by atoms with van der Waals surface area (Å²) in [7, 11) is 0. The summed E-state index contributed by atoms with van der Waals surface area (Å²) in [5.41, 5.74) is 2.89. The van der Waals surface area contributed by atoms with E-state index in [0.29, 0.717) is 30.0 Å². The molecule has 1 aromatic carbocycles. The van der Waals surface area contributed by atoms with E-state index in [4.69, 9.17) is 0 Å². The van der Waals surface area contributed by atoms with Crippen LogP contribution in [0, 0.1) is 18.8 Å². The number of rotatable bonds is 4. The fourth-order valence-electron chi connectivity index (χ4n) is 3.56. The SMILES string of the molecule is Cc1ccccc1C(C)N1CC(C(C)C)NCC1C(C)C. The third-order valence-corrected chi connectivity index (χ3v) is 5.13. The molecule has 1 aliphatic heterocycles. The van der Waals surface area contributed by atoms with Crippen molar-refractivity contribution in [1.82, 2.24) is 10.2 Å². The van der Waals surface area contributed by atoms with E-state index >= 15 is 0 Å². The van der Waals surface area contributed by atoms with E-state index < -0.39 is 0 Å². The molecule has 2 heteroatoms. The van der Waals surface area contributed by atoms with Gasteiger partial charge in [-0.2, -0.15) is 0 Å². The average molecular weight is 288 g/mol. The summed E-state index contributed by atoms with van der Waals surface area (Å²) in [6.45, 7) is 16.2. The van der Waals surface area contributed by atoms with Crippen molar-refractivity contribution in [3.8, 4) is 0 Å². The Bertz CT molecular complexity index is 453. The lowest BCUT2D eigenvalue weighted by molar-refractivity contribution is 0.0511. The minimum atomic E-state index is 0.488. The maximum Gasteiger partial charge on any atom is 0.0326 e. The normalized spacial score (nSPS) is 25.5. The summed E-state index contributed by atoms with van der Waals surface area (Å²) in [6.07, 6.45) is 0. The van der Waals surface area contributed by atoms with Crippen LogP contribution >= 0.6 is 0 Å². The molecule has 1 saturated heterocycles. The summed E-state index contributed by atoms with van der Waals surface area (Å²) >= 11 is 0. The lowest BCUT2D eigenvalue weighted by atomic mass is 9.90. The second-order valence-electron chi connectivity index (χ2n) is 7.30. The fourth-order valence-corrected chi connectivity index (χ4v) is 3.56. The van der Waals surface area contributed by atoms with Gasteiger partial charge in [-0.15, -0.1) is 0 Å². The minimum Gasteiger partial charge on any atom is -0.311 e. The molecule has 0 aromatic heterocycles. The lowest BCUT2D eigenvalue weighted by Crippen LogP contribution is -2.60. The van der Waals surface area contributed by atoms with Gasteiger partial charge in [0.15, 0.2) is 0 Å². The third-order valence-electron chi connectivity index (χ3n) is 5.13. The molecule has 0 bridgehead atoms. The average Bonchev–Trinajstić information content (AvgIpc) is 2.46. The van der Waals surface area contributed by atoms with Crippen LogP contribution in [0.5, 0.6) is 0 Å². The highest BCUT2D eigenvalue weighted by molar-refractivity contribution is 5.28. The van der Waals surface area contributed by atoms with E-state index in [0.717, 1.165) is 13.1 Å². The van der Waals surface area contributed by atoms with Gasteiger partial charge in [-0.05, 0) is 36.8 Å². The Morgan fingerprint density at radius 2 is 1.71 bits per heavy atom. The molecule has 21 heavy (non-hydrogen) atoms. The topological polar surface area (TPSA) is 15.3 Å². The molecule has 1 aliphatic rings. The highest BCUT2D eigenvalue weighted by atomic mass is 15.3. The Hall–Kier alpha value is -0.860. The third kappa shape index (κ3) is 3.67. The minimum absolute atomic E-state index is 0.488. The van der Waals surface area contributed by atoms with E-state index in [2.05, 4.69) is 76.0 Å². The number of nitrogens with one attached hydrogen (secondary N) is 1. The molecule has 2 rings (SSSR count). The van der Waals surface area contributed by atoms with Crippen LogP contribution < -0.4 is 5.32 Å². The molecule has 0 radical (unpaired) electrons. The molecule has 0 aliphatic carbocycles. The molecule has 1 heterocycles. The van der Waals surface area contributed by atoms with Gasteiger partial charge < -0.3 is 5.32 Å². The van der Waals surface area contributed by atoms with Crippen LogP contribution in [0.1, 0.15) is 51.8 Å². The molecule has 0 spiro atoms. The number of hydrogen-bond donors (Lipinski definition) is 1. The summed E-state index contributed by atoms with van der Waals surface area (Å²) in [4.78, 5) is 2.73. The molecule has 1 aromatic rings. The summed E-state index contributed by atoms with van der Waals surface area (Å²) in [5, 5.41) is 3.76. The zero-order valence-electron chi connectivity index (χ0n) is 14.6. The van der Waals surface area contributed by atoms with Crippen molar-refractivity contribution in [3.63, 3.8) is 0 Å². The van der Waals surface area contributed by atoms with Crippen LogP contribution in [-0.2, 0) is 0 Å². The number of benzene rings is 1. The monoisotopic (exact) mass is 288 g/mol. The first-order chi connectivity index (χ1) is 9.91. The van der Waals surface area contributed by atoms with E-state index in [9.17, 15) is 0 Å². The van der Waals surface area contributed by atoms with E-state index in [1.165, 1.54) is 11.1 Å². The zero-order valence-corrected chi connectivity index (χ0v) is 14.6. The second-order valence-corrected chi connectivity index (χ2v) is 7.30. The van der Waals surface area contributed by atoms with Gasteiger partial charge in [0.2, 0.25) is 0 Å². The smallest absolute Gasteiger partial charge is 0.0326 e. The first kappa shape index (κ1) is 16.5. The van der Waals surface area contributed by atoms with Crippen molar-refractivity contribution >= 4 is 0 Å². The largest absolute Gasteiger partial charge is 0.311 e. The van der Waals surface area contributed by atoms with E-state index in [1.807, 2.05) is 0 Å². The van der Waals surface area contributed by atoms with Gasteiger partial charge in [0, 0.05) is 31.2 Å². The van der Waals surface area contributed by atoms with Crippen molar-refractivity contribution in [2.24, 2.45) is 11.8 Å². The molecular formula is C19H32N2. The van der Waals surface area contributed by atoms with Gasteiger partial charge in [0.05, 0.1) is 0 Å². The van der Waals surface area contributed by atoms with E-state index in [-0.39, 0.29) is 0 Å². The van der Waals surface area contributed by atoms with Gasteiger partial charge in [0.1, 0.15) is 0 Å². The predicted molar refractivity (Wildman–Crippen MR) is 91.6 cm³/mol. The van der Waals surface area contributed by atoms with Crippen molar-refractivity contribution in [1.29, 1.82) is 0 Å². The summed E-state index contributed by atoms with van der Waals surface area (Å²) < 4.78 is 0. The molecule has 3 atom stereocenters. The van der Waals surface area contributed by atoms with Crippen molar-refractivity contribution < 1.29 is 0 Å². The number of nitrogens with zero attached hydrogens (tertiary/aromatic N) is 1. The maximum atomic E-state index is 3.76. The van der Waals surface area contributed by atoms with Gasteiger partial charge in [0.25, 0.3) is 0 Å². The van der Waals surface area contributed by atoms with Crippen LogP contribution in [-0.4, -0.2) is 30.1 Å².